The van der Waals surface area contributed by atoms with Gasteiger partial charge in [-0.15, -0.1) is 0 Å². The maximum Gasteiger partial charge on any atom is 0.266 e. The second-order valence-corrected chi connectivity index (χ2v) is 7.59. The van der Waals surface area contributed by atoms with Crippen LogP contribution >= 0.6 is 35.6 Å². The van der Waals surface area contributed by atoms with Crippen LogP contribution in [0.25, 0.3) is 6.08 Å². The Labute approximate surface area is 166 Å². The molecule has 1 heterocycles. The highest BCUT2D eigenvalue weighted by atomic mass is 35.5. The molecule has 26 heavy (non-hydrogen) atoms. The number of thiocarbonyl (C=S) groups is 1. The number of thioether (sulfide) groups is 1. The molecule has 0 saturated carbocycles. The Morgan fingerprint density at radius 1 is 1.15 bits per heavy atom. The van der Waals surface area contributed by atoms with Gasteiger partial charge in [-0.25, -0.2) is 0 Å². The molecule has 0 atom stereocenters. The van der Waals surface area contributed by atoms with E-state index in [1.54, 1.807) is 37.3 Å². The van der Waals surface area contributed by atoms with E-state index in [0.717, 1.165) is 16.9 Å². The number of amides is 1. The maximum absolute atomic E-state index is 12.7. The molecule has 1 aliphatic heterocycles. The second-order valence-electron chi connectivity index (χ2n) is 5.51. The van der Waals surface area contributed by atoms with Gasteiger partial charge in [0.05, 0.1) is 30.7 Å². The van der Waals surface area contributed by atoms with Crippen molar-refractivity contribution in [3.63, 3.8) is 0 Å². The quantitative estimate of drug-likeness (QED) is 0.529. The zero-order valence-electron chi connectivity index (χ0n) is 14.2. The van der Waals surface area contributed by atoms with Crippen molar-refractivity contribution in [3.05, 3.63) is 63.5 Å². The van der Waals surface area contributed by atoms with E-state index >= 15 is 0 Å². The topological polar surface area (TPSA) is 38.8 Å². The van der Waals surface area contributed by atoms with Gasteiger partial charge in [0.2, 0.25) is 0 Å². The van der Waals surface area contributed by atoms with Crippen LogP contribution < -0.4 is 9.47 Å². The van der Waals surface area contributed by atoms with Crippen molar-refractivity contribution >= 4 is 51.9 Å². The van der Waals surface area contributed by atoms with Gasteiger partial charge < -0.3 is 9.47 Å². The monoisotopic (exact) mass is 405 g/mol. The first-order chi connectivity index (χ1) is 12.5. The van der Waals surface area contributed by atoms with Crippen LogP contribution in [-0.2, 0) is 11.3 Å². The number of ether oxygens (including phenoxy) is 2. The molecule has 1 fully saturated rings. The van der Waals surface area contributed by atoms with E-state index in [2.05, 4.69) is 0 Å². The smallest absolute Gasteiger partial charge is 0.266 e. The van der Waals surface area contributed by atoms with Crippen LogP contribution in [0.15, 0.2) is 47.4 Å². The highest BCUT2D eigenvalue weighted by Gasteiger charge is 2.32. The predicted octanol–water partition coefficient (Wildman–Crippen LogP) is 4.76. The molecule has 7 heteroatoms. The molecular weight excluding hydrogens is 390 g/mol. The number of benzene rings is 2. The van der Waals surface area contributed by atoms with E-state index in [-0.39, 0.29) is 5.91 Å². The molecule has 0 aromatic heterocycles. The third kappa shape index (κ3) is 4.03. The molecule has 0 unspecified atom stereocenters. The second kappa shape index (κ2) is 8.12. The summed E-state index contributed by atoms with van der Waals surface area (Å²) in [6, 6.07) is 12.9. The van der Waals surface area contributed by atoms with Crippen molar-refractivity contribution in [2.45, 2.75) is 6.54 Å². The lowest BCUT2D eigenvalue weighted by Gasteiger charge is -2.14. The molecule has 0 spiro atoms. The van der Waals surface area contributed by atoms with Crippen molar-refractivity contribution in [1.82, 2.24) is 4.90 Å². The van der Waals surface area contributed by atoms with Crippen molar-refractivity contribution in [1.29, 1.82) is 0 Å². The van der Waals surface area contributed by atoms with E-state index in [4.69, 9.17) is 33.3 Å². The lowest BCUT2D eigenvalue weighted by atomic mass is 10.2. The fraction of sp³-hybridized carbons (Fsp3) is 0.158. The molecule has 1 amide bonds. The SMILES string of the molecule is COc1ccc(CN2C(=O)C(=Cc3ccc(OC)c(Cl)c3)SC2=S)cc1. The Kier molecular flexibility index (Phi) is 5.86. The summed E-state index contributed by atoms with van der Waals surface area (Å²) in [5.41, 5.74) is 1.80. The van der Waals surface area contributed by atoms with Gasteiger partial charge in [-0.2, -0.15) is 0 Å². The summed E-state index contributed by atoms with van der Waals surface area (Å²) in [4.78, 5) is 14.9. The average Bonchev–Trinajstić information content (AvgIpc) is 2.90. The Bertz CT molecular complexity index is 881. The lowest BCUT2D eigenvalue weighted by molar-refractivity contribution is -0.122. The van der Waals surface area contributed by atoms with E-state index in [0.29, 0.717) is 26.5 Å². The van der Waals surface area contributed by atoms with Gasteiger partial charge in [-0.1, -0.05) is 53.8 Å². The highest BCUT2D eigenvalue weighted by Crippen LogP contribution is 2.35. The van der Waals surface area contributed by atoms with Crippen molar-refractivity contribution < 1.29 is 14.3 Å². The van der Waals surface area contributed by atoms with E-state index < -0.39 is 0 Å². The molecule has 4 nitrogen and oxygen atoms in total. The van der Waals surface area contributed by atoms with Crippen LogP contribution in [-0.4, -0.2) is 29.3 Å². The first kappa shape index (κ1) is 18.8. The predicted molar refractivity (Wildman–Crippen MR) is 110 cm³/mol. The van der Waals surface area contributed by atoms with Crippen LogP contribution in [0.1, 0.15) is 11.1 Å². The number of hydrogen-bond acceptors (Lipinski definition) is 5. The third-order valence-electron chi connectivity index (χ3n) is 3.85. The van der Waals surface area contributed by atoms with Crippen LogP contribution in [0.3, 0.4) is 0 Å². The van der Waals surface area contributed by atoms with Crippen molar-refractivity contribution in [2.24, 2.45) is 0 Å². The first-order valence-corrected chi connectivity index (χ1v) is 9.34. The molecule has 3 rings (SSSR count). The molecule has 134 valence electrons. The molecule has 1 saturated heterocycles. The third-order valence-corrected chi connectivity index (χ3v) is 5.52. The normalized spacial score (nSPS) is 15.7. The number of rotatable bonds is 5. The van der Waals surface area contributed by atoms with Crippen LogP contribution in [0.5, 0.6) is 11.5 Å². The molecule has 0 aliphatic carbocycles. The van der Waals surface area contributed by atoms with Crippen LogP contribution in [0, 0.1) is 0 Å². The lowest BCUT2D eigenvalue weighted by Crippen LogP contribution is -2.27. The summed E-state index contributed by atoms with van der Waals surface area (Å²) in [7, 11) is 3.18. The first-order valence-electron chi connectivity index (χ1n) is 7.73. The Morgan fingerprint density at radius 3 is 2.50 bits per heavy atom. The van der Waals surface area contributed by atoms with Gasteiger partial charge in [-0.3, -0.25) is 9.69 Å². The summed E-state index contributed by atoms with van der Waals surface area (Å²) < 4.78 is 10.8. The number of nitrogens with zero attached hydrogens (tertiary/aromatic N) is 1. The van der Waals surface area contributed by atoms with Crippen molar-refractivity contribution in [3.8, 4) is 11.5 Å². The van der Waals surface area contributed by atoms with Gasteiger partial charge in [-0.05, 0) is 41.5 Å². The van der Waals surface area contributed by atoms with Gasteiger partial charge in [0.1, 0.15) is 15.8 Å². The van der Waals surface area contributed by atoms with Gasteiger partial charge in [0, 0.05) is 0 Å². The minimum Gasteiger partial charge on any atom is -0.497 e. The fourth-order valence-corrected chi connectivity index (χ4v) is 3.99. The highest BCUT2D eigenvalue weighted by molar-refractivity contribution is 8.26. The minimum atomic E-state index is -0.109. The van der Waals surface area contributed by atoms with Crippen molar-refractivity contribution in [2.75, 3.05) is 14.2 Å². The maximum atomic E-state index is 12.7. The Morgan fingerprint density at radius 2 is 1.88 bits per heavy atom. The number of halogens is 1. The molecule has 2 aromatic rings. The summed E-state index contributed by atoms with van der Waals surface area (Å²) in [6.07, 6.45) is 1.79. The van der Waals surface area contributed by atoms with Crippen LogP contribution in [0.4, 0.5) is 0 Å². The van der Waals surface area contributed by atoms with E-state index in [9.17, 15) is 4.79 Å². The van der Waals surface area contributed by atoms with Gasteiger partial charge in [0.25, 0.3) is 5.91 Å². The molecule has 0 bridgehead atoms. The van der Waals surface area contributed by atoms with E-state index in [1.165, 1.54) is 11.8 Å². The Balaban J connectivity index is 1.78. The molecular formula is C19H16ClNO3S2. The summed E-state index contributed by atoms with van der Waals surface area (Å²) >= 11 is 12.8. The fourth-order valence-electron chi connectivity index (χ4n) is 2.47. The number of hydrogen-bond donors (Lipinski definition) is 0. The van der Waals surface area contributed by atoms with Crippen LogP contribution in [0.2, 0.25) is 5.02 Å². The van der Waals surface area contributed by atoms with Gasteiger partial charge >= 0.3 is 0 Å². The van der Waals surface area contributed by atoms with E-state index in [1.807, 2.05) is 30.3 Å². The molecule has 0 N–H and O–H groups in total. The Hall–Kier alpha value is -2.02. The number of carbonyl (C=O) groups excluding carboxylic acids is 1. The summed E-state index contributed by atoms with van der Waals surface area (Å²) in [5, 5.41) is 0.495. The molecule has 0 radical (unpaired) electrons. The standard InChI is InChI=1S/C19H16ClNO3S2/c1-23-14-6-3-12(4-7-14)11-21-18(22)17(26-19(21)25)10-13-5-8-16(24-2)15(20)9-13/h3-10H,11H2,1-2H3. The number of methoxy groups -OCH3 is 2. The minimum absolute atomic E-state index is 0.109. The number of carbonyl (C=O) groups is 1. The zero-order valence-corrected chi connectivity index (χ0v) is 16.6. The summed E-state index contributed by atoms with van der Waals surface area (Å²) in [5.74, 6) is 1.26. The molecule has 1 aliphatic rings. The largest absolute Gasteiger partial charge is 0.497 e. The molecule has 2 aromatic carbocycles. The summed E-state index contributed by atoms with van der Waals surface area (Å²) in [6.45, 7) is 0.426. The van der Waals surface area contributed by atoms with Gasteiger partial charge in [0.15, 0.2) is 0 Å². The zero-order chi connectivity index (χ0) is 18.7. The average molecular weight is 406 g/mol.